The molecule has 0 amide bonds. The molecule has 1 heteroatoms. The topological polar surface area (TPSA) is 12.0 Å². The summed E-state index contributed by atoms with van der Waals surface area (Å²) in [4.78, 5) is 0. The highest BCUT2D eigenvalue weighted by Gasteiger charge is 2.19. The monoisotopic (exact) mass is 187 g/mol. The molecule has 0 aliphatic heterocycles. The van der Waals surface area contributed by atoms with Gasteiger partial charge in [0, 0.05) is 6.04 Å². The Morgan fingerprint density at radius 1 is 1.29 bits per heavy atom. The third-order valence-corrected chi connectivity index (χ3v) is 2.83. The summed E-state index contributed by atoms with van der Waals surface area (Å²) in [5, 5.41) is 3.56. The van der Waals surface area contributed by atoms with E-state index in [0.717, 1.165) is 13.0 Å². The first-order chi connectivity index (χ1) is 6.90. The average molecular weight is 187 g/mol. The van der Waals surface area contributed by atoms with Crippen molar-refractivity contribution in [2.45, 2.75) is 25.3 Å². The van der Waals surface area contributed by atoms with Crippen LogP contribution in [0, 0.1) is 0 Å². The number of hydrogen-bond donors (Lipinski definition) is 1. The lowest BCUT2D eigenvalue weighted by Gasteiger charge is -2.09. The van der Waals surface area contributed by atoms with Crippen LogP contribution < -0.4 is 5.32 Å². The summed E-state index contributed by atoms with van der Waals surface area (Å²) in [6.07, 6.45) is 5.41. The Bertz CT molecular complexity index is 292. The molecule has 0 spiro atoms. The zero-order valence-corrected chi connectivity index (χ0v) is 8.50. The van der Waals surface area contributed by atoms with Crippen molar-refractivity contribution >= 4 is 0 Å². The predicted molar refractivity (Wildman–Crippen MR) is 60.5 cm³/mol. The summed E-state index contributed by atoms with van der Waals surface area (Å²) in [6.45, 7) is 4.78. The molecule has 0 saturated carbocycles. The maximum atomic E-state index is 3.72. The van der Waals surface area contributed by atoms with Crippen molar-refractivity contribution in [3.8, 4) is 0 Å². The zero-order chi connectivity index (χ0) is 9.80. The van der Waals surface area contributed by atoms with Crippen LogP contribution in [-0.2, 0) is 12.8 Å². The first-order valence-electron chi connectivity index (χ1n) is 5.31. The van der Waals surface area contributed by atoms with Gasteiger partial charge in [-0.1, -0.05) is 30.3 Å². The van der Waals surface area contributed by atoms with Crippen LogP contribution in [0.5, 0.6) is 0 Å². The van der Waals surface area contributed by atoms with Gasteiger partial charge >= 0.3 is 0 Å². The van der Waals surface area contributed by atoms with Gasteiger partial charge in [0.1, 0.15) is 0 Å². The van der Waals surface area contributed by atoms with E-state index >= 15 is 0 Å². The summed E-state index contributed by atoms with van der Waals surface area (Å²) in [6, 6.07) is 9.39. The van der Waals surface area contributed by atoms with Crippen molar-refractivity contribution in [1.29, 1.82) is 0 Å². The van der Waals surface area contributed by atoms with Crippen LogP contribution in [0.15, 0.2) is 36.9 Å². The molecule has 0 unspecified atom stereocenters. The smallest absolute Gasteiger partial charge is 0.0148 e. The fourth-order valence-electron chi connectivity index (χ4n) is 2.09. The third kappa shape index (κ3) is 2.05. The SMILES string of the molecule is C=CCCNC1Cc2ccccc2C1. The van der Waals surface area contributed by atoms with Crippen LogP contribution in [0.25, 0.3) is 0 Å². The van der Waals surface area contributed by atoms with E-state index in [0.29, 0.717) is 6.04 Å². The highest BCUT2D eigenvalue weighted by Crippen LogP contribution is 2.21. The second-order valence-electron chi connectivity index (χ2n) is 3.91. The summed E-state index contributed by atoms with van der Waals surface area (Å²) in [7, 11) is 0. The Morgan fingerprint density at radius 3 is 2.50 bits per heavy atom. The van der Waals surface area contributed by atoms with E-state index in [9.17, 15) is 0 Å². The molecule has 0 saturated heterocycles. The van der Waals surface area contributed by atoms with Crippen LogP contribution in [0.1, 0.15) is 17.5 Å². The Balaban J connectivity index is 1.88. The molecule has 0 atom stereocenters. The standard InChI is InChI=1S/C13H17N/c1-2-3-8-14-13-9-11-6-4-5-7-12(11)10-13/h2,4-7,13-14H,1,3,8-10H2. The number of nitrogens with one attached hydrogen (secondary N) is 1. The second-order valence-corrected chi connectivity index (χ2v) is 3.91. The molecule has 74 valence electrons. The molecule has 2 rings (SSSR count). The zero-order valence-electron chi connectivity index (χ0n) is 8.50. The van der Waals surface area contributed by atoms with E-state index < -0.39 is 0 Å². The highest BCUT2D eigenvalue weighted by atomic mass is 14.9. The molecule has 0 radical (unpaired) electrons. The van der Waals surface area contributed by atoms with Crippen LogP contribution in [0.4, 0.5) is 0 Å². The minimum absolute atomic E-state index is 0.646. The summed E-state index contributed by atoms with van der Waals surface area (Å²) in [5.74, 6) is 0. The number of fused-ring (bicyclic) bond motifs is 1. The maximum Gasteiger partial charge on any atom is 0.0148 e. The maximum absolute atomic E-state index is 3.72. The Morgan fingerprint density at radius 2 is 1.93 bits per heavy atom. The number of benzene rings is 1. The van der Waals surface area contributed by atoms with E-state index in [2.05, 4.69) is 36.2 Å². The van der Waals surface area contributed by atoms with E-state index in [1.807, 2.05) is 6.08 Å². The lowest BCUT2D eigenvalue weighted by Crippen LogP contribution is -2.30. The molecule has 1 aliphatic rings. The van der Waals surface area contributed by atoms with Crippen LogP contribution >= 0.6 is 0 Å². The summed E-state index contributed by atoms with van der Waals surface area (Å²) < 4.78 is 0. The molecule has 1 aromatic rings. The Hall–Kier alpha value is -1.08. The number of rotatable bonds is 4. The van der Waals surface area contributed by atoms with Gasteiger partial charge in [0.15, 0.2) is 0 Å². The van der Waals surface area contributed by atoms with Gasteiger partial charge in [0.25, 0.3) is 0 Å². The van der Waals surface area contributed by atoms with Gasteiger partial charge in [-0.25, -0.2) is 0 Å². The normalized spacial score (nSPS) is 15.4. The van der Waals surface area contributed by atoms with Gasteiger partial charge < -0.3 is 5.32 Å². The Labute approximate surface area is 85.8 Å². The fraction of sp³-hybridized carbons (Fsp3) is 0.385. The van der Waals surface area contributed by atoms with Crippen molar-refractivity contribution in [3.63, 3.8) is 0 Å². The molecule has 0 bridgehead atoms. The van der Waals surface area contributed by atoms with Gasteiger partial charge in [-0.05, 0) is 36.9 Å². The van der Waals surface area contributed by atoms with Gasteiger partial charge in [0.05, 0.1) is 0 Å². The lowest BCUT2D eigenvalue weighted by atomic mass is 10.1. The average Bonchev–Trinajstić information content (AvgIpc) is 2.60. The molecule has 1 N–H and O–H groups in total. The molecule has 0 fully saturated rings. The van der Waals surface area contributed by atoms with Crippen molar-refractivity contribution < 1.29 is 0 Å². The van der Waals surface area contributed by atoms with E-state index in [-0.39, 0.29) is 0 Å². The Kier molecular flexibility index (Phi) is 3.00. The van der Waals surface area contributed by atoms with Crippen molar-refractivity contribution in [1.82, 2.24) is 5.32 Å². The van der Waals surface area contributed by atoms with Gasteiger partial charge in [0.2, 0.25) is 0 Å². The van der Waals surface area contributed by atoms with E-state index in [1.54, 1.807) is 0 Å². The molecular weight excluding hydrogens is 170 g/mol. The van der Waals surface area contributed by atoms with Crippen molar-refractivity contribution in [2.24, 2.45) is 0 Å². The summed E-state index contributed by atoms with van der Waals surface area (Å²) in [5.41, 5.74) is 3.03. The van der Waals surface area contributed by atoms with Crippen LogP contribution in [0.2, 0.25) is 0 Å². The second kappa shape index (κ2) is 4.43. The fourth-order valence-corrected chi connectivity index (χ4v) is 2.09. The van der Waals surface area contributed by atoms with Crippen molar-refractivity contribution in [2.75, 3.05) is 6.54 Å². The quantitative estimate of drug-likeness (QED) is 0.563. The first-order valence-corrected chi connectivity index (χ1v) is 5.31. The molecule has 1 nitrogen and oxygen atoms in total. The molecular formula is C13H17N. The molecule has 0 heterocycles. The van der Waals surface area contributed by atoms with Crippen molar-refractivity contribution in [3.05, 3.63) is 48.0 Å². The molecule has 1 aromatic carbocycles. The number of hydrogen-bond acceptors (Lipinski definition) is 1. The van der Waals surface area contributed by atoms with E-state index in [1.165, 1.54) is 24.0 Å². The molecule has 1 aliphatic carbocycles. The first kappa shape index (κ1) is 9.47. The van der Waals surface area contributed by atoms with E-state index in [4.69, 9.17) is 0 Å². The molecule has 14 heavy (non-hydrogen) atoms. The van der Waals surface area contributed by atoms with Gasteiger partial charge in [-0.2, -0.15) is 0 Å². The summed E-state index contributed by atoms with van der Waals surface area (Å²) >= 11 is 0. The highest BCUT2D eigenvalue weighted by molar-refractivity contribution is 5.33. The van der Waals surface area contributed by atoms with Gasteiger partial charge in [-0.3, -0.25) is 0 Å². The van der Waals surface area contributed by atoms with Crippen LogP contribution in [-0.4, -0.2) is 12.6 Å². The largest absolute Gasteiger partial charge is 0.313 e. The lowest BCUT2D eigenvalue weighted by molar-refractivity contribution is 0.539. The van der Waals surface area contributed by atoms with Gasteiger partial charge in [-0.15, -0.1) is 6.58 Å². The minimum Gasteiger partial charge on any atom is -0.313 e. The third-order valence-electron chi connectivity index (χ3n) is 2.83. The minimum atomic E-state index is 0.646. The molecule has 0 aromatic heterocycles. The van der Waals surface area contributed by atoms with Crippen LogP contribution in [0.3, 0.4) is 0 Å². The predicted octanol–water partition coefficient (Wildman–Crippen LogP) is 2.32.